The zero-order valence-corrected chi connectivity index (χ0v) is 19.3. The van der Waals surface area contributed by atoms with Crippen molar-refractivity contribution in [3.63, 3.8) is 0 Å². The highest BCUT2D eigenvalue weighted by molar-refractivity contribution is 9.10. The third kappa shape index (κ3) is 5.84. The van der Waals surface area contributed by atoms with Gasteiger partial charge in [-0.25, -0.2) is 0 Å². The molecule has 1 aliphatic heterocycles. The van der Waals surface area contributed by atoms with Gasteiger partial charge >= 0.3 is 0 Å². The van der Waals surface area contributed by atoms with Crippen LogP contribution in [0.5, 0.6) is 5.75 Å². The number of methoxy groups -OCH3 is 1. The number of rotatable bonds is 5. The maximum Gasteiger partial charge on any atom is 0.238 e. The van der Waals surface area contributed by atoms with E-state index in [1.54, 1.807) is 38.3 Å². The zero-order chi connectivity index (χ0) is 21.7. The summed E-state index contributed by atoms with van der Waals surface area (Å²) >= 11 is 10.4. The number of benzene rings is 2. The smallest absolute Gasteiger partial charge is 0.238 e. The lowest BCUT2D eigenvalue weighted by atomic mass is 10.1. The summed E-state index contributed by atoms with van der Waals surface area (Å²) < 4.78 is 6.02. The van der Waals surface area contributed by atoms with Gasteiger partial charge in [0.2, 0.25) is 11.8 Å². The second-order valence-corrected chi connectivity index (χ2v) is 8.78. The molecule has 1 fully saturated rings. The Balaban J connectivity index is 1.71. The van der Waals surface area contributed by atoms with Gasteiger partial charge in [0.1, 0.15) is 11.0 Å². The topological polar surface area (TPSA) is 92.2 Å². The van der Waals surface area contributed by atoms with E-state index in [-0.39, 0.29) is 23.4 Å². The quantitative estimate of drug-likeness (QED) is 0.460. The Bertz CT molecular complexity index is 1030. The number of amidine groups is 1. The Hall–Kier alpha value is -2.36. The third-order valence-corrected chi connectivity index (χ3v) is 6.08. The van der Waals surface area contributed by atoms with Crippen molar-refractivity contribution in [2.24, 2.45) is 10.2 Å². The van der Waals surface area contributed by atoms with Crippen molar-refractivity contribution in [2.45, 2.75) is 18.6 Å². The predicted octanol–water partition coefficient (Wildman–Crippen LogP) is 4.45. The summed E-state index contributed by atoms with van der Waals surface area (Å²) in [6.45, 7) is 1.80. The molecule has 2 amide bonds. The Morgan fingerprint density at radius 3 is 2.70 bits per heavy atom. The highest BCUT2D eigenvalue weighted by Gasteiger charge is 2.30. The first kappa shape index (κ1) is 22.3. The van der Waals surface area contributed by atoms with Crippen molar-refractivity contribution in [1.29, 1.82) is 0 Å². The molecule has 0 bridgehead atoms. The molecule has 3 rings (SSSR count). The van der Waals surface area contributed by atoms with E-state index in [4.69, 9.17) is 16.3 Å². The highest BCUT2D eigenvalue weighted by atomic mass is 79.9. The molecule has 1 aliphatic rings. The van der Waals surface area contributed by atoms with Gasteiger partial charge in [0.05, 0.1) is 17.3 Å². The number of amides is 2. The van der Waals surface area contributed by atoms with Gasteiger partial charge < -0.3 is 15.4 Å². The molecule has 156 valence electrons. The summed E-state index contributed by atoms with van der Waals surface area (Å²) in [7, 11) is 1.59. The number of carbonyl (C=O) groups is 2. The van der Waals surface area contributed by atoms with E-state index in [0.29, 0.717) is 22.2 Å². The Morgan fingerprint density at radius 2 is 2.03 bits per heavy atom. The molecule has 2 aromatic carbocycles. The number of ether oxygens (including phenoxy) is 1. The monoisotopic (exact) mass is 508 g/mol. The Kier molecular flexibility index (Phi) is 7.52. The van der Waals surface area contributed by atoms with Crippen LogP contribution in [0.3, 0.4) is 0 Å². The first-order chi connectivity index (χ1) is 14.4. The van der Waals surface area contributed by atoms with Crippen molar-refractivity contribution in [1.82, 2.24) is 5.32 Å². The standard InChI is InChI=1S/C20H18BrClN4O3S/c1-11(12-3-8-16(29-2)15(21)9-12)25-26-20-24-18(27)10-17(30-20)19(28)23-14-6-4-13(22)5-7-14/h3-9,17H,10H2,1-2H3,(H,23,28)(H,24,26,27)/b25-11-. The normalized spacial score (nSPS) is 18.1. The first-order valence-electron chi connectivity index (χ1n) is 8.85. The molecule has 0 aliphatic carbocycles. The molecule has 0 spiro atoms. The van der Waals surface area contributed by atoms with Crippen LogP contribution >= 0.6 is 39.3 Å². The number of thioether (sulfide) groups is 1. The van der Waals surface area contributed by atoms with Crippen LogP contribution < -0.4 is 15.4 Å². The second kappa shape index (κ2) is 10.1. The molecular formula is C20H18BrClN4O3S. The van der Waals surface area contributed by atoms with E-state index in [2.05, 4.69) is 36.8 Å². The van der Waals surface area contributed by atoms with Gasteiger partial charge in [-0.05, 0) is 70.9 Å². The van der Waals surface area contributed by atoms with Gasteiger partial charge in [-0.1, -0.05) is 23.4 Å². The Labute approximate surface area is 191 Å². The van der Waals surface area contributed by atoms with E-state index in [1.165, 1.54) is 0 Å². The zero-order valence-electron chi connectivity index (χ0n) is 16.1. The van der Waals surface area contributed by atoms with Crippen LogP contribution in [0.1, 0.15) is 18.9 Å². The lowest BCUT2D eigenvalue weighted by Gasteiger charge is -2.21. The fraction of sp³-hybridized carbons (Fsp3) is 0.200. The maximum absolute atomic E-state index is 12.5. The van der Waals surface area contributed by atoms with Crippen molar-refractivity contribution in [2.75, 3.05) is 12.4 Å². The number of carbonyl (C=O) groups excluding carboxylic acids is 2. The van der Waals surface area contributed by atoms with Crippen LogP contribution in [-0.4, -0.2) is 35.1 Å². The summed E-state index contributed by atoms with van der Waals surface area (Å²) in [5.74, 6) is 0.135. The molecule has 0 radical (unpaired) electrons. The van der Waals surface area contributed by atoms with Crippen LogP contribution in [0.25, 0.3) is 0 Å². The molecule has 0 saturated carbocycles. The second-order valence-electron chi connectivity index (χ2n) is 6.29. The van der Waals surface area contributed by atoms with Gasteiger partial charge in [-0.2, -0.15) is 5.10 Å². The summed E-state index contributed by atoms with van der Waals surface area (Å²) in [4.78, 5) is 24.6. The van der Waals surface area contributed by atoms with Crippen molar-refractivity contribution in [3.8, 4) is 5.75 Å². The largest absolute Gasteiger partial charge is 0.496 e. The molecule has 30 heavy (non-hydrogen) atoms. The molecule has 1 atom stereocenters. The summed E-state index contributed by atoms with van der Waals surface area (Å²) in [5.41, 5.74) is 2.10. The number of halogens is 2. The molecule has 1 heterocycles. The highest BCUT2D eigenvalue weighted by Crippen LogP contribution is 2.26. The van der Waals surface area contributed by atoms with Crippen LogP contribution in [0, 0.1) is 0 Å². The number of nitrogens with one attached hydrogen (secondary N) is 2. The lowest BCUT2D eigenvalue weighted by Crippen LogP contribution is -2.41. The predicted molar refractivity (Wildman–Crippen MR) is 125 cm³/mol. The minimum atomic E-state index is -0.612. The van der Waals surface area contributed by atoms with E-state index in [0.717, 1.165) is 21.8 Å². The van der Waals surface area contributed by atoms with Gasteiger partial charge in [0, 0.05) is 17.1 Å². The molecule has 1 saturated heterocycles. The van der Waals surface area contributed by atoms with Gasteiger partial charge in [-0.15, -0.1) is 5.10 Å². The first-order valence-corrected chi connectivity index (χ1v) is 10.9. The van der Waals surface area contributed by atoms with Crippen molar-refractivity contribution < 1.29 is 14.3 Å². The minimum absolute atomic E-state index is 0.0528. The molecule has 2 N–H and O–H groups in total. The maximum atomic E-state index is 12.5. The average Bonchev–Trinajstić information content (AvgIpc) is 2.73. The fourth-order valence-corrected chi connectivity index (χ4v) is 4.16. The van der Waals surface area contributed by atoms with Crippen LogP contribution in [-0.2, 0) is 9.59 Å². The molecule has 0 aromatic heterocycles. The molecule has 2 aromatic rings. The average molecular weight is 510 g/mol. The molecule has 10 heteroatoms. The van der Waals surface area contributed by atoms with E-state index in [1.807, 2.05) is 18.2 Å². The number of anilines is 1. The van der Waals surface area contributed by atoms with Crippen LogP contribution in [0.2, 0.25) is 5.02 Å². The van der Waals surface area contributed by atoms with Crippen LogP contribution in [0.15, 0.2) is 57.1 Å². The molecule has 1 unspecified atom stereocenters. The van der Waals surface area contributed by atoms with E-state index < -0.39 is 5.25 Å². The lowest BCUT2D eigenvalue weighted by molar-refractivity contribution is -0.123. The van der Waals surface area contributed by atoms with Gasteiger partial charge in [-0.3, -0.25) is 9.59 Å². The number of hydrogen-bond donors (Lipinski definition) is 2. The summed E-state index contributed by atoms with van der Waals surface area (Å²) in [5, 5.41) is 14.0. The summed E-state index contributed by atoms with van der Waals surface area (Å²) in [6, 6.07) is 12.3. The Morgan fingerprint density at radius 1 is 1.30 bits per heavy atom. The van der Waals surface area contributed by atoms with Crippen molar-refractivity contribution in [3.05, 3.63) is 57.5 Å². The van der Waals surface area contributed by atoms with E-state index >= 15 is 0 Å². The van der Waals surface area contributed by atoms with Gasteiger partial charge in [0.25, 0.3) is 0 Å². The van der Waals surface area contributed by atoms with Crippen LogP contribution in [0.4, 0.5) is 5.69 Å². The van der Waals surface area contributed by atoms with Crippen molar-refractivity contribution >= 4 is 67.7 Å². The van der Waals surface area contributed by atoms with Gasteiger partial charge in [0.15, 0.2) is 5.17 Å². The third-order valence-electron chi connectivity index (χ3n) is 4.14. The molecular weight excluding hydrogens is 492 g/mol. The minimum Gasteiger partial charge on any atom is -0.496 e. The SMILES string of the molecule is COc1ccc(/C(C)=N\N=C2/NC(=O)CC(C(=O)Nc3ccc(Cl)cc3)S2)cc1Br. The fourth-order valence-electron chi connectivity index (χ4n) is 2.56. The van der Waals surface area contributed by atoms with E-state index in [9.17, 15) is 9.59 Å². The summed E-state index contributed by atoms with van der Waals surface area (Å²) in [6.07, 6.45) is 0.0528. The number of nitrogens with zero attached hydrogens (tertiary/aromatic N) is 2. The number of hydrogen-bond acceptors (Lipinski definition) is 6. The molecule has 7 nitrogen and oxygen atoms in total.